The molecule has 0 bridgehead atoms. The highest BCUT2D eigenvalue weighted by atomic mass is 19.1. The van der Waals surface area contributed by atoms with Crippen LogP contribution in [-0.2, 0) is 11.3 Å². The Hall–Kier alpha value is -2.56. The molecule has 25 heavy (non-hydrogen) atoms. The Balaban J connectivity index is 2.06. The number of amides is 1. The molecule has 0 spiro atoms. The lowest BCUT2D eigenvalue weighted by molar-refractivity contribution is -0.117. The summed E-state index contributed by atoms with van der Waals surface area (Å²) < 4.78 is 14.5. The Morgan fingerprint density at radius 1 is 1.08 bits per heavy atom. The first-order valence-electron chi connectivity index (χ1n) is 8.33. The summed E-state index contributed by atoms with van der Waals surface area (Å²) in [6.45, 7) is 8.41. The Morgan fingerprint density at radius 2 is 1.68 bits per heavy atom. The molecule has 0 saturated heterocycles. The molecule has 0 saturated carbocycles. The van der Waals surface area contributed by atoms with Crippen molar-refractivity contribution in [3.05, 3.63) is 53.3 Å². The van der Waals surface area contributed by atoms with Crippen molar-refractivity contribution in [2.45, 2.75) is 40.7 Å². The van der Waals surface area contributed by atoms with Crippen molar-refractivity contribution >= 4 is 23.0 Å². The fraction of sp³-hybridized carbons (Fsp3) is 0.350. The second-order valence-corrected chi connectivity index (χ2v) is 7.51. The van der Waals surface area contributed by atoms with Gasteiger partial charge in [-0.2, -0.15) is 0 Å². The number of nitrogen functional groups attached to an aromatic ring is 1. The van der Waals surface area contributed by atoms with E-state index < -0.39 is 5.82 Å². The van der Waals surface area contributed by atoms with E-state index in [-0.39, 0.29) is 17.0 Å². The number of hydrogen-bond donors (Lipinski definition) is 3. The van der Waals surface area contributed by atoms with Gasteiger partial charge in [-0.1, -0.05) is 50.6 Å². The summed E-state index contributed by atoms with van der Waals surface area (Å²) in [5.41, 5.74) is 8.48. The number of carbonyl (C=O) groups excluding carboxylic acids is 1. The van der Waals surface area contributed by atoms with Gasteiger partial charge in [-0.3, -0.25) is 4.79 Å². The molecule has 2 rings (SSSR count). The summed E-state index contributed by atoms with van der Waals surface area (Å²) in [6, 6.07) is 11.2. The average molecular weight is 343 g/mol. The van der Waals surface area contributed by atoms with Gasteiger partial charge in [0.2, 0.25) is 5.91 Å². The molecule has 5 heteroatoms. The van der Waals surface area contributed by atoms with Crippen LogP contribution in [0, 0.1) is 18.2 Å². The molecule has 2 aromatic carbocycles. The highest BCUT2D eigenvalue weighted by molar-refractivity contribution is 5.94. The zero-order valence-corrected chi connectivity index (χ0v) is 15.2. The number of carbonyl (C=O) groups is 1. The summed E-state index contributed by atoms with van der Waals surface area (Å²) in [5.74, 6) is -0.736. The zero-order chi connectivity index (χ0) is 18.6. The maximum absolute atomic E-state index is 14.5. The second-order valence-electron chi connectivity index (χ2n) is 7.51. The van der Waals surface area contributed by atoms with Crippen LogP contribution in [0.5, 0.6) is 0 Å². The lowest BCUT2D eigenvalue weighted by atomic mass is 9.92. The van der Waals surface area contributed by atoms with E-state index in [1.54, 1.807) is 12.1 Å². The summed E-state index contributed by atoms with van der Waals surface area (Å²) in [6.07, 6.45) is 0.335. The van der Waals surface area contributed by atoms with Crippen LogP contribution >= 0.6 is 0 Å². The molecule has 1 amide bonds. The van der Waals surface area contributed by atoms with E-state index in [0.29, 0.717) is 24.3 Å². The van der Waals surface area contributed by atoms with E-state index >= 15 is 0 Å². The van der Waals surface area contributed by atoms with Crippen LogP contribution in [0.1, 0.15) is 38.3 Å². The van der Waals surface area contributed by atoms with Crippen molar-refractivity contribution in [2.75, 3.05) is 16.4 Å². The zero-order valence-electron chi connectivity index (χ0n) is 15.2. The Labute approximate surface area is 148 Å². The third-order valence-corrected chi connectivity index (χ3v) is 3.75. The van der Waals surface area contributed by atoms with Gasteiger partial charge in [0.1, 0.15) is 0 Å². The molecule has 4 nitrogen and oxygen atoms in total. The van der Waals surface area contributed by atoms with Gasteiger partial charge in [-0.25, -0.2) is 4.39 Å². The molecular formula is C20H26FN3O. The Kier molecular flexibility index (Phi) is 5.67. The van der Waals surface area contributed by atoms with Crippen molar-refractivity contribution in [1.29, 1.82) is 0 Å². The fourth-order valence-corrected chi connectivity index (χ4v) is 2.42. The maximum atomic E-state index is 14.5. The SMILES string of the molecule is Cc1ccc(CNc2ccc(NC(=O)CC(C)(C)C)c(N)c2F)cc1. The third-order valence-electron chi connectivity index (χ3n) is 3.75. The van der Waals surface area contributed by atoms with Gasteiger partial charge < -0.3 is 16.4 Å². The molecule has 0 aliphatic rings. The average Bonchev–Trinajstić information content (AvgIpc) is 2.51. The van der Waals surface area contributed by atoms with Crippen LogP contribution in [0.15, 0.2) is 36.4 Å². The van der Waals surface area contributed by atoms with Gasteiger partial charge in [-0.05, 0) is 30.0 Å². The highest BCUT2D eigenvalue weighted by Crippen LogP contribution is 2.29. The van der Waals surface area contributed by atoms with Gasteiger partial charge in [0.15, 0.2) is 5.82 Å². The molecule has 134 valence electrons. The molecule has 0 aromatic heterocycles. The minimum Gasteiger partial charge on any atom is -0.395 e. The van der Waals surface area contributed by atoms with Crippen LogP contribution in [-0.4, -0.2) is 5.91 Å². The first-order valence-corrected chi connectivity index (χ1v) is 8.33. The predicted octanol–water partition coefficient (Wildman–Crippen LogP) is 4.70. The van der Waals surface area contributed by atoms with Gasteiger partial charge in [0.25, 0.3) is 0 Å². The number of halogens is 1. The van der Waals surface area contributed by atoms with Crippen molar-refractivity contribution in [2.24, 2.45) is 5.41 Å². The number of hydrogen-bond acceptors (Lipinski definition) is 3. The number of nitrogens with two attached hydrogens (primary N) is 1. The quantitative estimate of drug-likeness (QED) is 0.689. The Bertz CT molecular complexity index is 749. The van der Waals surface area contributed by atoms with E-state index in [0.717, 1.165) is 5.56 Å². The lowest BCUT2D eigenvalue weighted by Gasteiger charge is -2.18. The molecule has 0 fully saturated rings. The van der Waals surface area contributed by atoms with E-state index in [9.17, 15) is 9.18 Å². The van der Waals surface area contributed by atoms with Crippen LogP contribution in [0.3, 0.4) is 0 Å². The predicted molar refractivity (Wildman–Crippen MR) is 102 cm³/mol. The second kappa shape index (κ2) is 7.55. The number of rotatable bonds is 5. The monoisotopic (exact) mass is 343 g/mol. The highest BCUT2D eigenvalue weighted by Gasteiger charge is 2.18. The smallest absolute Gasteiger partial charge is 0.224 e. The van der Waals surface area contributed by atoms with Crippen molar-refractivity contribution < 1.29 is 9.18 Å². The summed E-state index contributed by atoms with van der Waals surface area (Å²) in [4.78, 5) is 12.0. The maximum Gasteiger partial charge on any atom is 0.224 e. The van der Waals surface area contributed by atoms with E-state index in [2.05, 4.69) is 10.6 Å². The van der Waals surface area contributed by atoms with Crippen molar-refractivity contribution in [1.82, 2.24) is 0 Å². The minimum atomic E-state index is -0.555. The van der Waals surface area contributed by atoms with Crippen LogP contribution in [0.25, 0.3) is 0 Å². The van der Waals surface area contributed by atoms with Crippen LogP contribution in [0.2, 0.25) is 0 Å². The molecule has 0 atom stereocenters. The molecule has 0 aliphatic carbocycles. The van der Waals surface area contributed by atoms with Gasteiger partial charge in [0, 0.05) is 13.0 Å². The van der Waals surface area contributed by atoms with E-state index in [1.165, 1.54) is 5.56 Å². The molecule has 0 heterocycles. The first kappa shape index (κ1) is 18.8. The normalized spacial score (nSPS) is 11.2. The molecular weight excluding hydrogens is 317 g/mol. The van der Waals surface area contributed by atoms with Gasteiger partial charge in [0.05, 0.1) is 17.1 Å². The van der Waals surface area contributed by atoms with Crippen LogP contribution < -0.4 is 16.4 Å². The summed E-state index contributed by atoms with van der Waals surface area (Å²) in [7, 11) is 0. The molecule has 2 aromatic rings. The van der Waals surface area contributed by atoms with Crippen molar-refractivity contribution in [3.63, 3.8) is 0 Å². The Morgan fingerprint density at radius 3 is 2.28 bits per heavy atom. The molecule has 4 N–H and O–H groups in total. The number of benzene rings is 2. The van der Waals surface area contributed by atoms with Crippen LogP contribution in [0.4, 0.5) is 21.5 Å². The number of nitrogens with one attached hydrogen (secondary N) is 2. The standard InChI is InChI=1S/C20H26FN3O/c1-13-5-7-14(8-6-13)12-23-15-9-10-16(19(22)18(15)21)24-17(25)11-20(2,3)4/h5-10,23H,11-12,22H2,1-4H3,(H,24,25). The van der Waals surface area contributed by atoms with E-state index in [4.69, 9.17) is 5.73 Å². The topological polar surface area (TPSA) is 67.1 Å². The fourth-order valence-electron chi connectivity index (χ4n) is 2.42. The van der Waals surface area contributed by atoms with Gasteiger partial charge >= 0.3 is 0 Å². The minimum absolute atomic E-state index is 0.0591. The molecule has 0 aliphatic heterocycles. The van der Waals surface area contributed by atoms with E-state index in [1.807, 2.05) is 52.0 Å². The molecule has 0 unspecified atom stereocenters. The lowest BCUT2D eigenvalue weighted by Crippen LogP contribution is -2.20. The summed E-state index contributed by atoms with van der Waals surface area (Å²) >= 11 is 0. The van der Waals surface area contributed by atoms with Gasteiger partial charge in [-0.15, -0.1) is 0 Å². The number of anilines is 3. The molecule has 0 radical (unpaired) electrons. The first-order chi connectivity index (χ1) is 11.7. The third kappa shape index (κ3) is 5.48. The largest absolute Gasteiger partial charge is 0.395 e. The summed E-state index contributed by atoms with van der Waals surface area (Å²) in [5, 5.41) is 5.72. The van der Waals surface area contributed by atoms with Crippen molar-refractivity contribution in [3.8, 4) is 0 Å². The number of aryl methyl sites for hydroxylation is 1.